The molecule has 1 aliphatic rings. The van der Waals surface area contributed by atoms with Crippen LogP contribution in [0.1, 0.15) is 32.0 Å². The highest BCUT2D eigenvalue weighted by atomic mass is 32.1. The van der Waals surface area contributed by atoms with Gasteiger partial charge < -0.3 is 10.3 Å². The van der Waals surface area contributed by atoms with E-state index in [1.165, 1.54) is 0 Å². The van der Waals surface area contributed by atoms with Crippen LogP contribution < -0.4 is 5.32 Å². The van der Waals surface area contributed by atoms with E-state index < -0.39 is 0 Å². The van der Waals surface area contributed by atoms with Gasteiger partial charge in [0.25, 0.3) is 5.91 Å². The summed E-state index contributed by atoms with van der Waals surface area (Å²) in [6.07, 6.45) is 2.46. The first-order valence-corrected chi connectivity index (χ1v) is 10.3. The van der Waals surface area contributed by atoms with Crippen LogP contribution in [0.5, 0.6) is 0 Å². The van der Waals surface area contributed by atoms with E-state index >= 15 is 0 Å². The number of aromatic nitrogens is 3. The number of ketones is 1. The minimum atomic E-state index is -0.0673. The molecular weight excluding hydrogens is 408 g/mol. The number of hydrogen-bond donors (Lipinski definition) is 3. The standard InChI is InChI=1S/C24H18N4O2S/c29-22(15-5-7-17(31)8-6-15)14-1-3-16(4-2-14)23-25-11-10-20(28-23)21-13-18-19(27-21)9-12-26-24(18)30/h1-8,10-11,13,27,31H,9,12H2,(H,26,30). The second kappa shape index (κ2) is 7.85. The molecule has 3 heterocycles. The fraction of sp³-hybridized carbons (Fsp3) is 0.0833. The second-order valence-electron chi connectivity index (χ2n) is 7.30. The van der Waals surface area contributed by atoms with Crippen molar-refractivity contribution in [1.82, 2.24) is 20.3 Å². The summed E-state index contributed by atoms with van der Waals surface area (Å²) in [6, 6.07) is 18.0. The maximum atomic E-state index is 12.7. The van der Waals surface area contributed by atoms with E-state index in [9.17, 15) is 9.59 Å². The predicted molar refractivity (Wildman–Crippen MR) is 120 cm³/mol. The van der Waals surface area contributed by atoms with Gasteiger partial charge in [-0.1, -0.05) is 24.3 Å². The van der Waals surface area contributed by atoms with E-state index in [0.29, 0.717) is 34.8 Å². The summed E-state index contributed by atoms with van der Waals surface area (Å²) in [5, 5.41) is 2.85. The third-order valence-electron chi connectivity index (χ3n) is 5.27. The van der Waals surface area contributed by atoms with Crippen molar-refractivity contribution in [1.29, 1.82) is 0 Å². The van der Waals surface area contributed by atoms with Crippen molar-refractivity contribution in [2.24, 2.45) is 0 Å². The SMILES string of the molecule is O=C(c1ccc(S)cc1)c1ccc(-c2nccc(-c3cc4c([nH]3)CCNC4=O)n2)cc1. The lowest BCUT2D eigenvalue weighted by atomic mass is 10.0. The number of H-pyrrole nitrogens is 1. The Morgan fingerprint density at radius 3 is 2.39 bits per heavy atom. The zero-order valence-corrected chi connectivity index (χ0v) is 17.3. The molecule has 0 spiro atoms. The fourth-order valence-electron chi connectivity index (χ4n) is 3.63. The van der Waals surface area contributed by atoms with Crippen molar-refractivity contribution in [3.63, 3.8) is 0 Å². The van der Waals surface area contributed by atoms with Crippen molar-refractivity contribution in [3.05, 3.63) is 89.2 Å². The van der Waals surface area contributed by atoms with Gasteiger partial charge in [0.15, 0.2) is 11.6 Å². The van der Waals surface area contributed by atoms with Crippen LogP contribution in [0, 0.1) is 0 Å². The molecule has 0 fully saturated rings. The molecule has 0 radical (unpaired) electrons. The van der Waals surface area contributed by atoms with Gasteiger partial charge in [0.2, 0.25) is 0 Å². The number of nitrogens with zero attached hydrogens (tertiary/aromatic N) is 2. The number of aromatic amines is 1. The first-order chi connectivity index (χ1) is 15.1. The van der Waals surface area contributed by atoms with Crippen LogP contribution in [-0.2, 0) is 6.42 Å². The molecule has 7 heteroatoms. The molecule has 5 rings (SSSR count). The number of benzene rings is 2. The average molecular weight is 427 g/mol. The molecule has 2 aromatic carbocycles. The Bertz CT molecular complexity index is 1290. The van der Waals surface area contributed by atoms with Crippen LogP contribution in [0.15, 0.2) is 71.8 Å². The topological polar surface area (TPSA) is 87.7 Å². The van der Waals surface area contributed by atoms with Gasteiger partial charge in [-0.15, -0.1) is 12.6 Å². The number of rotatable bonds is 4. The van der Waals surface area contributed by atoms with Crippen LogP contribution >= 0.6 is 12.6 Å². The molecule has 4 aromatic rings. The molecule has 2 aromatic heterocycles. The normalized spacial score (nSPS) is 12.9. The van der Waals surface area contributed by atoms with E-state index in [0.717, 1.165) is 28.3 Å². The fourth-order valence-corrected chi connectivity index (χ4v) is 3.78. The van der Waals surface area contributed by atoms with Gasteiger partial charge in [0, 0.05) is 46.4 Å². The first kappa shape index (κ1) is 19.3. The molecule has 0 atom stereocenters. The molecule has 0 unspecified atom stereocenters. The summed E-state index contributed by atoms with van der Waals surface area (Å²) >= 11 is 4.25. The Hall–Kier alpha value is -3.71. The molecule has 0 aliphatic carbocycles. The Balaban J connectivity index is 1.42. The van der Waals surface area contributed by atoms with Crippen molar-refractivity contribution < 1.29 is 9.59 Å². The summed E-state index contributed by atoms with van der Waals surface area (Å²) in [4.78, 5) is 37.9. The highest BCUT2D eigenvalue weighted by molar-refractivity contribution is 7.80. The van der Waals surface area contributed by atoms with Crippen LogP contribution in [0.3, 0.4) is 0 Å². The minimum absolute atomic E-state index is 0.0511. The highest BCUT2D eigenvalue weighted by Gasteiger charge is 2.20. The molecule has 152 valence electrons. The van der Waals surface area contributed by atoms with E-state index in [1.54, 1.807) is 42.6 Å². The first-order valence-electron chi connectivity index (χ1n) is 9.86. The number of hydrogen-bond acceptors (Lipinski definition) is 5. The van der Waals surface area contributed by atoms with Gasteiger partial charge in [-0.2, -0.15) is 0 Å². The number of fused-ring (bicyclic) bond motifs is 1. The predicted octanol–water partition coefficient (Wildman–Crippen LogP) is 3.94. The highest BCUT2D eigenvalue weighted by Crippen LogP contribution is 2.25. The van der Waals surface area contributed by atoms with E-state index in [1.807, 2.05) is 24.3 Å². The number of amides is 1. The van der Waals surface area contributed by atoms with E-state index in [2.05, 4.69) is 32.9 Å². The lowest BCUT2D eigenvalue weighted by Gasteiger charge is -2.10. The van der Waals surface area contributed by atoms with Crippen LogP contribution in [0.4, 0.5) is 0 Å². The van der Waals surface area contributed by atoms with E-state index in [4.69, 9.17) is 0 Å². The van der Waals surface area contributed by atoms with Gasteiger partial charge in [0.1, 0.15) is 0 Å². The van der Waals surface area contributed by atoms with Gasteiger partial charge in [-0.05, 0) is 36.4 Å². The van der Waals surface area contributed by atoms with E-state index in [-0.39, 0.29) is 11.7 Å². The summed E-state index contributed by atoms with van der Waals surface area (Å²) in [7, 11) is 0. The van der Waals surface area contributed by atoms with Gasteiger partial charge in [-0.25, -0.2) is 9.97 Å². The van der Waals surface area contributed by atoms with Crippen molar-refractivity contribution in [2.75, 3.05) is 6.54 Å². The summed E-state index contributed by atoms with van der Waals surface area (Å²) in [6.45, 7) is 0.630. The zero-order chi connectivity index (χ0) is 21.4. The minimum Gasteiger partial charge on any atom is -0.356 e. The van der Waals surface area contributed by atoms with Crippen LogP contribution in [-0.4, -0.2) is 33.2 Å². The van der Waals surface area contributed by atoms with Crippen molar-refractivity contribution >= 4 is 24.3 Å². The lowest BCUT2D eigenvalue weighted by molar-refractivity contribution is 0.0945. The molecule has 6 nitrogen and oxygen atoms in total. The number of carbonyl (C=O) groups is 2. The second-order valence-corrected chi connectivity index (χ2v) is 7.82. The third kappa shape index (κ3) is 3.75. The quantitative estimate of drug-likeness (QED) is 0.341. The summed E-state index contributed by atoms with van der Waals surface area (Å²) in [5.74, 6) is 0.431. The molecule has 0 saturated heterocycles. The maximum Gasteiger partial charge on any atom is 0.253 e. The van der Waals surface area contributed by atoms with Gasteiger partial charge in [-0.3, -0.25) is 9.59 Å². The molecule has 2 N–H and O–H groups in total. The average Bonchev–Trinajstić information content (AvgIpc) is 3.25. The Labute approximate surface area is 184 Å². The zero-order valence-electron chi connectivity index (χ0n) is 16.4. The molecule has 1 aliphatic heterocycles. The van der Waals surface area contributed by atoms with Crippen LogP contribution in [0.25, 0.3) is 22.8 Å². The number of thiol groups is 1. The number of nitrogens with one attached hydrogen (secondary N) is 2. The molecule has 0 saturated carbocycles. The van der Waals surface area contributed by atoms with Crippen molar-refractivity contribution in [2.45, 2.75) is 11.3 Å². The van der Waals surface area contributed by atoms with Crippen LogP contribution in [0.2, 0.25) is 0 Å². The summed E-state index contributed by atoms with van der Waals surface area (Å²) < 4.78 is 0. The molecule has 31 heavy (non-hydrogen) atoms. The Morgan fingerprint density at radius 1 is 0.968 bits per heavy atom. The molecular formula is C24H18N4O2S. The Kier molecular flexibility index (Phi) is 4.88. The monoisotopic (exact) mass is 426 g/mol. The van der Waals surface area contributed by atoms with Crippen molar-refractivity contribution in [3.8, 4) is 22.8 Å². The molecule has 1 amide bonds. The molecule has 0 bridgehead atoms. The Morgan fingerprint density at radius 2 is 1.68 bits per heavy atom. The summed E-state index contributed by atoms with van der Waals surface area (Å²) in [5.41, 5.74) is 5.09. The smallest absolute Gasteiger partial charge is 0.253 e. The van der Waals surface area contributed by atoms with Gasteiger partial charge >= 0.3 is 0 Å². The number of carbonyl (C=O) groups excluding carboxylic acids is 2. The largest absolute Gasteiger partial charge is 0.356 e. The maximum absolute atomic E-state index is 12.7. The third-order valence-corrected chi connectivity index (χ3v) is 5.57. The van der Waals surface area contributed by atoms with Gasteiger partial charge in [0.05, 0.1) is 17.0 Å². The lowest BCUT2D eigenvalue weighted by Crippen LogP contribution is -2.31.